The summed E-state index contributed by atoms with van der Waals surface area (Å²) in [6, 6.07) is 31.1. The molecule has 5 aromatic rings. The molecule has 0 saturated heterocycles. The van der Waals surface area contributed by atoms with Crippen LogP contribution in [-0.4, -0.2) is 0 Å². The van der Waals surface area contributed by atoms with Gasteiger partial charge in [0.1, 0.15) is 0 Å². The molecule has 1 aromatic heterocycles. The number of hydrogen-bond donors (Lipinski definition) is 0. The molecule has 0 aliphatic heterocycles. The summed E-state index contributed by atoms with van der Waals surface area (Å²) in [6.07, 6.45) is 1.03. The second-order valence-electron chi connectivity index (χ2n) is 6.94. The predicted octanol–water partition coefficient (Wildman–Crippen LogP) is 7.29. The molecule has 1 heteroatoms. The average Bonchev–Trinajstić information content (AvgIpc) is 3.26. The topological polar surface area (TPSA) is 0 Å². The molecule has 0 nitrogen and oxygen atoms in total. The molecular weight excluding hydrogens is 332 g/mol. The molecule has 6 rings (SSSR count). The van der Waals surface area contributed by atoms with E-state index in [-0.39, 0.29) is 0 Å². The van der Waals surface area contributed by atoms with Crippen molar-refractivity contribution in [3.8, 4) is 22.3 Å². The van der Waals surface area contributed by atoms with Crippen molar-refractivity contribution in [1.29, 1.82) is 0 Å². The van der Waals surface area contributed by atoms with Gasteiger partial charge in [-0.05, 0) is 51.9 Å². The lowest BCUT2D eigenvalue weighted by Crippen LogP contribution is -1.88. The smallest absolute Gasteiger partial charge is 0.0361 e. The van der Waals surface area contributed by atoms with Gasteiger partial charge in [-0.15, -0.1) is 11.3 Å². The largest absolute Gasteiger partial charge is 0.135 e. The Morgan fingerprint density at radius 2 is 1.19 bits per heavy atom. The summed E-state index contributed by atoms with van der Waals surface area (Å²) in [4.78, 5) is 0. The third-order valence-electron chi connectivity index (χ3n) is 5.54. The van der Waals surface area contributed by atoms with Crippen LogP contribution in [0.15, 0.2) is 84.9 Å². The average molecular weight is 348 g/mol. The molecular formula is C25H16S. The summed E-state index contributed by atoms with van der Waals surface area (Å²) in [5, 5.41) is 2.77. The van der Waals surface area contributed by atoms with Crippen LogP contribution >= 0.6 is 11.3 Å². The zero-order valence-corrected chi connectivity index (χ0v) is 15.0. The molecule has 26 heavy (non-hydrogen) atoms. The second kappa shape index (κ2) is 5.30. The molecule has 0 radical (unpaired) electrons. The number of fused-ring (bicyclic) bond motifs is 6. The molecule has 1 aliphatic rings. The SMILES string of the molecule is c1ccc2c(c1)Cc1c-2cccc1-c1cccc2sc3ccccc3c12. The Balaban J connectivity index is 1.69. The second-order valence-corrected chi connectivity index (χ2v) is 8.03. The van der Waals surface area contributed by atoms with E-state index in [4.69, 9.17) is 0 Å². The van der Waals surface area contributed by atoms with Crippen molar-refractivity contribution in [1.82, 2.24) is 0 Å². The standard InChI is InChI=1S/C25H16S/c1-2-8-17-16(7-1)15-22-18(17)10-5-11-19(22)20-12-6-14-24-25(20)21-9-3-4-13-23(21)26-24/h1-14H,15H2. The number of benzene rings is 4. The molecule has 1 heterocycles. The lowest BCUT2D eigenvalue weighted by Gasteiger charge is -2.11. The van der Waals surface area contributed by atoms with Gasteiger partial charge in [-0.25, -0.2) is 0 Å². The summed E-state index contributed by atoms with van der Waals surface area (Å²) >= 11 is 1.89. The van der Waals surface area contributed by atoms with Crippen LogP contribution in [0.1, 0.15) is 11.1 Å². The molecule has 4 aromatic carbocycles. The Bertz CT molecular complexity index is 1310. The quantitative estimate of drug-likeness (QED) is 0.292. The van der Waals surface area contributed by atoms with E-state index < -0.39 is 0 Å². The first-order valence-corrected chi connectivity index (χ1v) is 9.82. The highest BCUT2D eigenvalue weighted by Gasteiger charge is 2.22. The van der Waals surface area contributed by atoms with Crippen molar-refractivity contribution in [3.63, 3.8) is 0 Å². The summed E-state index contributed by atoms with van der Waals surface area (Å²) in [7, 11) is 0. The number of rotatable bonds is 1. The van der Waals surface area contributed by atoms with Crippen molar-refractivity contribution in [2.24, 2.45) is 0 Å². The lowest BCUT2D eigenvalue weighted by molar-refractivity contribution is 1.27. The third kappa shape index (κ3) is 1.89. The van der Waals surface area contributed by atoms with E-state index in [1.54, 1.807) is 0 Å². The highest BCUT2D eigenvalue weighted by molar-refractivity contribution is 7.25. The van der Waals surface area contributed by atoms with Gasteiger partial charge in [0.2, 0.25) is 0 Å². The summed E-state index contributed by atoms with van der Waals surface area (Å²) in [6.45, 7) is 0. The normalized spacial score (nSPS) is 12.5. The molecule has 0 saturated carbocycles. The maximum Gasteiger partial charge on any atom is 0.0361 e. The first kappa shape index (κ1) is 14.3. The van der Waals surface area contributed by atoms with Crippen LogP contribution in [0, 0.1) is 0 Å². The van der Waals surface area contributed by atoms with Gasteiger partial charge >= 0.3 is 0 Å². The zero-order chi connectivity index (χ0) is 17.1. The Morgan fingerprint density at radius 3 is 2.15 bits per heavy atom. The van der Waals surface area contributed by atoms with Crippen LogP contribution in [0.3, 0.4) is 0 Å². The van der Waals surface area contributed by atoms with Crippen molar-refractivity contribution >= 4 is 31.5 Å². The number of thiophene rings is 1. The highest BCUT2D eigenvalue weighted by atomic mass is 32.1. The summed E-state index contributed by atoms with van der Waals surface area (Å²) in [5.74, 6) is 0. The van der Waals surface area contributed by atoms with Crippen molar-refractivity contribution < 1.29 is 0 Å². The highest BCUT2D eigenvalue weighted by Crippen LogP contribution is 2.45. The zero-order valence-electron chi connectivity index (χ0n) is 14.2. The Morgan fingerprint density at radius 1 is 0.538 bits per heavy atom. The fourth-order valence-corrected chi connectivity index (χ4v) is 5.54. The van der Waals surface area contributed by atoms with Crippen molar-refractivity contribution in [3.05, 3.63) is 96.1 Å². The fraction of sp³-hybridized carbons (Fsp3) is 0.0400. The number of hydrogen-bond acceptors (Lipinski definition) is 1. The van der Waals surface area contributed by atoms with Gasteiger partial charge in [0.25, 0.3) is 0 Å². The van der Waals surface area contributed by atoms with Gasteiger partial charge in [-0.2, -0.15) is 0 Å². The van der Waals surface area contributed by atoms with Crippen molar-refractivity contribution in [2.45, 2.75) is 6.42 Å². The van der Waals surface area contributed by atoms with Crippen LogP contribution in [-0.2, 0) is 6.42 Å². The van der Waals surface area contributed by atoms with Gasteiger partial charge < -0.3 is 0 Å². The van der Waals surface area contributed by atoms with Crippen LogP contribution < -0.4 is 0 Å². The predicted molar refractivity (Wildman–Crippen MR) is 113 cm³/mol. The molecule has 0 spiro atoms. The molecule has 0 N–H and O–H groups in total. The van der Waals surface area contributed by atoms with E-state index >= 15 is 0 Å². The van der Waals surface area contributed by atoms with Gasteiger partial charge in [0.05, 0.1) is 0 Å². The van der Waals surface area contributed by atoms with E-state index in [2.05, 4.69) is 84.9 Å². The lowest BCUT2D eigenvalue weighted by atomic mass is 9.93. The van der Waals surface area contributed by atoms with Gasteiger partial charge in [-0.1, -0.05) is 72.8 Å². The molecule has 0 fully saturated rings. The minimum Gasteiger partial charge on any atom is -0.135 e. The van der Waals surface area contributed by atoms with E-state index in [0.29, 0.717) is 0 Å². The Labute approximate surface area is 156 Å². The molecule has 122 valence electrons. The van der Waals surface area contributed by atoms with E-state index in [1.165, 1.54) is 53.6 Å². The molecule has 0 amide bonds. The van der Waals surface area contributed by atoms with Crippen LogP contribution in [0.5, 0.6) is 0 Å². The monoisotopic (exact) mass is 348 g/mol. The third-order valence-corrected chi connectivity index (χ3v) is 6.68. The summed E-state index contributed by atoms with van der Waals surface area (Å²) < 4.78 is 2.74. The minimum atomic E-state index is 1.03. The van der Waals surface area contributed by atoms with E-state index in [9.17, 15) is 0 Å². The van der Waals surface area contributed by atoms with Gasteiger partial charge in [0, 0.05) is 20.2 Å². The molecule has 0 unspecified atom stereocenters. The van der Waals surface area contributed by atoms with Gasteiger partial charge in [0.15, 0.2) is 0 Å². The van der Waals surface area contributed by atoms with E-state index in [0.717, 1.165) is 6.42 Å². The van der Waals surface area contributed by atoms with E-state index in [1.807, 2.05) is 11.3 Å². The maximum absolute atomic E-state index is 2.30. The maximum atomic E-state index is 2.30. The van der Waals surface area contributed by atoms with Crippen LogP contribution in [0.4, 0.5) is 0 Å². The molecule has 1 aliphatic carbocycles. The van der Waals surface area contributed by atoms with Gasteiger partial charge in [-0.3, -0.25) is 0 Å². The summed E-state index contributed by atoms with van der Waals surface area (Å²) in [5.41, 5.74) is 8.45. The van der Waals surface area contributed by atoms with Crippen LogP contribution in [0.25, 0.3) is 42.4 Å². The first-order valence-electron chi connectivity index (χ1n) is 9.01. The minimum absolute atomic E-state index is 1.03. The molecule has 0 bridgehead atoms. The van der Waals surface area contributed by atoms with Crippen LogP contribution in [0.2, 0.25) is 0 Å². The Hall–Kier alpha value is -2.90. The van der Waals surface area contributed by atoms with Crippen molar-refractivity contribution in [2.75, 3.05) is 0 Å². The molecule has 0 atom stereocenters. The Kier molecular flexibility index (Phi) is 2.91. The first-order chi connectivity index (χ1) is 12.9. The fourth-order valence-electron chi connectivity index (χ4n) is 4.41.